The molecular formula is C12H18N2O3. The number of amides is 1. The van der Waals surface area contributed by atoms with Gasteiger partial charge < -0.3 is 15.5 Å². The number of benzene rings is 1. The van der Waals surface area contributed by atoms with Crippen LogP contribution in [0.3, 0.4) is 0 Å². The van der Waals surface area contributed by atoms with Gasteiger partial charge in [0, 0.05) is 19.2 Å². The molecule has 0 aliphatic carbocycles. The van der Waals surface area contributed by atoms with Gasteiger partial charge in [-0.2, -0.15) is 0 Å². The summed E-state index contributed by atoms with van der Waals surface area (Å²) in [7, 11) is 1.57. The van der Waals surface area contributed by atoms with Gasteiger partial charge in [0.2, 0.25) is 5.91 Å². The molecule has 5 heteroatoms. The van der Waals surface area contributed by atoms with Crippen LogP contribution >= 0.6 is 0 Å². The van der Waals surface area contributed by atoms with Gasteiger partial charge in [0.1, 0.15) is 11.5 Å². The van der Waals surface area contributed by atoms with E-state index in [2.05, 4.69) is 10.6 Å². The van der Waals surface area contributed by atoms with Crippen molar-refractivity contribution in [2.45, 2.75) is 25.9 Å². The molecule has 0 aromatic heterocycles. The highest BCUT2D eigenvalue weighted by Gasteiger charge is 2.15. The number of phenolic OH excluding ortho intramolecular Hbond substituents is 2. The van der Waals surface area contributed by atoms with E-state index in [1.165, 1.54) is 6.07 Å². The summed E-state index contributed by atoms with van der Waals surface area (Å²) in [5.41, 5.74) is 0.721. The molecule has 1 aromatic carbocycles. The molecule has 2 unspecified atom stereocenters. The Morgan fingerprint density at radius 1 is 1.18 bits per heavy atom. The molecule has 4 N–H and O–H groups in total. The van der Waals surface area contributed by atoms with E-state index in [0.29, 0.717) is 0 Å². The molecule has 0 heterocycles. The van der Waals surface area contributed by atoms with Gasteiger partial charge in [0.15, 0.2) is 0 Å². The smallest absolute Gasteiger partial charge is 0.236 e. The minimum Gasteiger partial charge on any atom is -0.508 e. The van der Waals surface area contributed by atoms with E-state index < -0.39 is 0 Å². The monoisotopic (exact) mass is 238 g/mol. The number of aromatic hydroxyl groups is 2. The topological polar surface area (TPSA) is 81.6 Å². The maximum atomic E-state index is 11.3. The van der Waals surface area contributed by atoms with E-state index in [1.807, 2.05) is 6.92 Å². The van der Waals surface area contributed by atoms with E-state index in [4.69, 9.17) is 0 Å². The quantitative estimate of drug-likeness (QED) is 0.627. The lowest BCUT2D eigenvalue weighted by Crippen LogP contribution is -2.41. The first kappa shape index (κ1) is 13.3. The zero-order chi connectivity index (χ0) is 13.0. The van der Waals surface area contributed by atoms with E-state index in [0.717, 1.165) is 5.56 Å². The average molecular weight is 238 g/mol. The van der Waals surface area contributed by atoms with Gasteiger partial charge in [-0.15, -0.1) is 0 Å². The Kier molecular flexibility index (Phi) is 4.34. The van der Waals surface area contributed by atoms with Crippen molar-refractivity contribution < 1.29 is 15.0 Å². The highest BCUT2D eigenvalue weighted by atomic mass is 16.3. The number of carbonyl (C=O) groups is 1. The molecule has 0 saturated heterocycles. The van der Waals surface area contributed by atoms with Gasteiger partial charge in [-0.3, -0.25) is 10.1 Å². The summed E-state index contributed by atoms with van der Waals surface area (Å²) in [6, 6.07) is 3.86. The molecule has 0 saturated carbocycles. The number of rotatable bonds is 4. The lowest BCUT2D eigenvalue weighted by Gasteiger charge is -2.19. The largest absolute Gasteiger partial charge is 0.508 e. The van der Waals surface area contributed by atoms with Crippen LogP contribution in [0.1, 0.15) is 25.5 Å². The lowest BCUT2D eigenvalue weighted by molar-refractivity contribution is -0.122. The van der Waals surface area contributed by atoms with Crippen molar-refractivity contribution in [3.63, 3.8) is 0 Å². The second-order valence-electron chi connectivity index (χ2n) is 4.01. The van der Waals surface area contributed by atoms with Crippen LogP contribution in [0.2, 0.25) is 0 Å². The highest BCUT2D eigenvalue weighted by Crippen LogP contribution is 2.24. The molecule has 5 nitrogen and oxygen atoms in total. The van der Waals surface area contributed by atoms with Crippen LogP contribution in [0.4, 0.5) is 0 Å². The van der Waals surface area contributed by atoms with Gasteiger partial charge in [0.05, 0.1) is 6.04 Å². The highest BCUT2D eigenvalue weighted by molar-refractivity contribution is 5.80. The zero-order valence-corrected chi connectivity index (χ0v) is 10.2. The zero-order valence-electron chi connectivity index (χ0n) is 10.2. The van der Waals surface area contributed by atoms with E-state index >= 15 is 0 Å². The van der Waals surface area contributed by atoms with Crippen LogP contribution in [0.15, 0.2) is 18.2 Å². The number of nitrogens with one attached hydrogen (secondary N) is 2. The number of hydrogen-bond acceptors (Lipinski definition) is 4. The minimum atomic E-state index is -0.348. The molecule has 94 valence electrons. The first-order chi connectivity index (χ1) is 7.93. The summed E-state index contributed by atoms with van der Waals surface area (Å²) in [6.07, 6.45) is 0. The minimum absolute atomic E-state index is 0.00115. The third-order valence-corrected chi connectivity index (χ3v) is 2.56. The maximum absolute atomic E-state index is 11.3. The molecule has 0 fully saturated rings. The molecule has 0 radical (unpaired) electrons. The van der Waals surface area contributed by atoms with Crippen molar-refractivity contribution in [1.29, 1.82) is 0 Å². The number of carbonyl (C=O) groups excluding carboxylic acids is 1. The molecule has 1 amide bonds. The summed E-state index contributed by atoms with van der Waals surface area (Å²) in [5.74, 6) is -0.108. The second-order valence-corrected chi connectivity index (χ2v) is 4.01. The van der Waals surface area contributed by atoms with Crippen LogP contribution in [0, 0.1) is 0 Å². The summed E-state index contributed by atoms with van der Waals surface area (Å²) >= 11 is 0. The van der Waals surface area contributed by atoms with Gasteiger partial charge in [-0.25, -0.2) is 0 Å². The van der Waals surface area contributed by atoms with Crippen LogP contribution < -0.4 is 10.6 Å². The summed E-state index contributed by atoms with van der Waals surface area (Å²) < 4.78 is 0. The lowest BCUT2D eigenvalue weighted by atomic mass is 10.1. The third-order valence-electron chi connectivity index (χ3n) is 2.56. The predicted octanol–water partition coefficient (Wildman–Crippen LogP) is 0.883. The van der Waals surface area contributed by atoms with Crippen molar-refractivity contribution in [2.75, 3.05) is 7.05 Å². The normalized spacial score (nSPS) is 14.1. The predicted molar refractivity (Wildman–Crippen MR) is 64.9 cm³/mol. The van der Waals surface area contributed by atoms with Crippen LogP contribution in [-0.2, 0) is 4.79 Å². The first-order valence-corrected chi connectivity index (χ1v) is 5.44. The maximum Gasteiger partial charge on any atom is 0.236 e. The SMILES string of the molecule is CNC(=O)C(C)NC(C)c1cc(O)cc(O)c1. The van der Waals surface area contributed by atoms with Gasteiger partial charge >= 0.3 is 0 Å². The third kappa shape index (κ3) is 3.64. The Morgan fingerprint density at radius 3 is 2.18 bits per heavy atom. The Hall–Kier alpha value is -1.75. The summed E-state index contributed by atoms with van der Waals surface area (Å²) in [5, 5.41) is 24.3. The van der Waals surface area contributed by atoms with Crippen molar-refractivity contribution in [3.05, 3.63) is 23.8 Å². The van der Waals surface area contributed by atoms with E-state index in [1.54, 1.807) is 26.1 Å². The number of hydrogen-bond donors (Lipinski definition) is 4. The Morgan fingerprint density at radius 2 is 1.71 bits per heavy atom. The molecule has 0 aliphatic heterocycles. The van der Waals surface area contributed by atoms with Crippen LogP contribution in [0.25, 0.3) is 0 Å². The molecular weight excluding hydrogens is 220 g/mol. The number of phenols is 2. The molecule has 17 heavy (non-hydrogen) atoms. The van der Waals surface area contributed by atoms with Crippen molar-refractivity contribution >= 4 is 5.91 Å². The number of likely N-dealkylation sites (N-methyl/N-ethyl adjacent to an activating group) is 1. The standard InChI is InChI=1S/C12H18N2O3/c1-7(14-8(2)12(17)13-3)9-4-10(15)6-11(16)5-9/h4-8,14-16H,1-3H3,(H,13,17). The Labute approximate surface area is 100 Å². The van der Waals surface area contributed by atoms with Crippen molar-refractivity contribution in [2.24, 2.45) is 0 Å². The molecule has 1 aromatic rings. The Balaban J connectivity index is 2.75. The van der Waals surface area contributed by atoms with Crippen LogP contribution in [-0.4, -0.2) is 29.2 Å². The Bertz CT molecular complexity index is 386. The molecule has 0 aliphatic rings. The van der Waals surface area contributed by atoms with E-state index in [-0.39, 0.29) is 29.5 Å². The fourth-order valence-corrected chi connectivity index (χ4v) is 1.63. The van der Waals surface area contributed by atoms with E-state index in [9.17, 15) is 15.0 Å². The van der Waals surface area contributed by atoms with Crippen molar-refractivity contribution in [3.8, 4) is 11.5 Å². The first-order valence-electron chi connectivity index (χ1n) is 5.44. The molecule has 2 atom stereocenters. The van der Waals surface area contributed by atoms with Crippen LogP contribution in [0.5, 0.6) is 11.5 Å². The average Bonchev–Trinajstić information content (AvgIpc) is 2.26. The molecule has 1 rings (SSSR count). The fourth-order valence-electron chi connectivity index (χ4n) is 1.63. The summed E-state index contributed by atoms with van der Waals surface area (Å²) in [4.78, 5) is 11.3. The molecule has 0 bridgehead atoms. The fraction of sp³-hybridized carbons (Fsp3) is 0.417. The summed E-state index contributed by atoms with van der Waals surface area (Å²) in [6.45, 7) is 3.60. The second kappa shape index (κ2) is 5.54. The van der Waals surface area contributed by atoms with Gasteiger partial charge in [0.25, 0.3) is 0 Å². The molecule has 0 spiro atoms. The van der Waals surface area contributed by atoms with Gasteiger partial charge in [-0.1, -0.05) is 0 Å². The van der Waals surface area contributed by atoms with Gasteiger partial charge in [-0.05, 0) is 31.5 Å². The van der Waals surface area contributed by atoms with Crippen molar-refractivity contribution in [1.82, 2.24) is 10.6 Å².